The van der Waals surface area contributed by atoms with Gasteiger partial charge in [0.2, 0.25) is 17.7 Å². The minimum Gasteiger partial charge on any atom is -0.508 e. The minimum atomic E-state index is -1.22. The number of hydrogen-bond acceptors (Lipinski definition) is 8. The van der Waals surface area contributed by atoms with Crippen molar-refractivity contribution in [3.05, 3.63) is 65.7 Å². The van der Waals surface area contributed by atoms with Crippen molar-refractivity contribution in [1.29, 1.82) is 0 Å². The number of carbonyl (C=O) groups is 4. The van der Waals surface area contributed by atoms with Crippen molar-refractivity contribution in [2.75, 3.05) is 13.1 Å². The molecule has 4 unspecified atom stereocenters. The highest BCUT2D eigenvalue weighted by molar-refractivity contribution is 5.94. The summed E-state index contributed by atoms with van der Waals surface area (Å²) in [6.07, 6.45) is 1.88. The van der Waals surface area contributed by atoms with E-state index in [9.17, 15) is 29.4 Å². The lowest BCUT2D eigenvalue weighted by Gasteiger charge is -2.25. The van der Waals surface area contributed by atoms with E-state index in [-0.39, 0.29) is 43.9 Å². The normalized spacial score (nSPS) is 13.5. The number of carbonyl (C=O) groups excluding carboxylic acids is 3. The summed E-state index contributed by atoms with van der Waals surface area (Å²) in [4.78, 5) is 55.7. The van der Waals surface area contributed by atoms with Crippen molar-refractivity contribution >= 4 is 29.7 Å². The molecule has 240 valence electrons. The Balaban J connectivity index is 2.25. The summed E-state index contributed by atoms with van der Waals surface area (Å²) < 4.78 is 0. The van der Waals surface area contributed by atoms with E-state index in [0.717, 1.165) is 5.56 Å². The van der Waals surface area contributed by atoms with Gasteiger partial charge < -0.3 is 49.1 Å². The van der Waals surface area contributed by atoms with Crippen LogP contribution in [-0.2, 0) is 32.0 Å². The molecule has 3 amide bonds. The molecule has 0 aliphatic heterocycles. The van der Waals surface area contributed by atoms with Crippen LogP contribution in [0.4, 0.5) is 0 Å². The Morgan fingerprint density at radius 1 is 0.727 bits per heavy atom. The van der Waals surface area contributed by atoms with E-state index in [0.29, 0.717) is 31.4 Å². The second-order valence-electron chi connectivity index (χ2n) is 10.4. The van der Waals surface area contributed by atoms with Crippen LogP contribution in [0, 0.1) is 0 Å². The third-order valence-corrected chi connectivity index (χ3v) is 6.78. The first-order valence-electron chi connectivity index (χ1n) is 14.5. The van der Waals surface area contributed by atoms with Gasteiger partial charge in [-0.2, -0.15) is 0 Å². The molecule has 0 aliphatic rings. The largest absolute Gasteiger partial charge is 0.508 e. The monoisotopic (exact) mass is 612 g/mol. The van der Waals surface area contributed by atoms with Crippen LogP contribution in [-0.4, -0.2) is 77.1 Å². The van der Waals surface area contributed by atoms with E-state index >= 15 is 0 Å². The maximum absolute atomic E-state index is 13.6. The molecule has 0 fully saturated rings. The Bertz CT molecular complexity index is 1240. The van der Waals surface area contributed by atoms with Crippen LogP contribution in [0.1, 0.15) is 43.2 Å². The van der Waals surface area contributed by atoms with Gasteiger partial charge in [-0.05, 0) is 68.3 Å². The second kappa shape index (κ2) is 18.8. The fraction of sp³-hybridized carbons (Fsp3) is 0.433. The Morgan fingerprint density at radius 3 is 1.91 bits per heavy atom. The molecule has 0 aromatic heterocycles. The third-order valence-electron chi connectivity index (χ3n) is 6.78. The number of hydrogen-bond donors (Lipinski definition) is 9. The lowest BCUT2D eigenvalue weighted by molar-refractivity contribution is -0.142. The number of aliphatic carboxylic acids is 1. The fourth-order valence-corrected chi connectivity index (χ4v) is 4.38. The van der Waals surface area contributed by atoms with Crippen LogP contribution < -0.4 is 38.9 Å². The number of carboxylic acids is 1. The van der Waals surface area contributed by atoms with Gasteiger partial charge in [-0.15, -0.1) is 0 Å². The average molecular weight is 613 g/mol. The molecule has 2 aromatic rings. The Kier molecular flexibility index (Phi) is 15.1. The molecule has 0 bridgehead atoms. The molecule has 4 atom stereocenters. The molecule has 0 radical (unpaired) electrons. The van der Waals surface area contributed by atoms with Crippen molar-refractivity contribution in [3.63, 3.8) is 0 Å². The fourth-order valence-electron chi connectivity index (χ4n) is 4.38. The van der Waals surface area contributed by atoms with Gasteiger partial charge in [0.15, 0.2) is 5.96 Å². The highest BCUT2D eigenvalue weighted by Gasteiger charge is 2.30. The van der Waals surface area contributed by atoms with Crippen molar-refractivity contribution in [1.82, 2.24) is 16.0 Å². The molecule has 2 rings (SSSR count). The second-order valence-corrected chi connectivity index (χ2v) is 10.4. The molecular weight excluding hydrogens is 568 g/mol. The third kappa shape index (κ3) is 13.1. The summed E-state index contributed by atoms with van der Waals surface area (Å²) in [5.41, 5.74) is 23.9. The number of phenols is 1. The quantitative estimate of drug-likeness (QED) is 0.0543. The van der Waals surface area contributed by atoms with Gasteiger partial charge in [-0.25, -0.2) is 4.79 Å². The lowest BCUT2D eigenvalue weighted by atomic mass is 10.0. The summed E-state index contributed by atoms with van der Waals surface area (Å²) in [5, 5.41) is 27.2. The molecule has 0 heterocycles. The topological polar surface area (TPSA) is 261 Å². The zero-order valence-corrected chi connectivity index (χ0v) is 24.7. The van der Waals surface area contributed by atoms with Gasteiger partial charge in [0.05, 0.1) is 6.04 Å². The summed E-state index contributed by atoms with van der Waals surface area (Å²) in [6, 6.07) is 10.7. The van der Waals surface area contributed by atoms with Gasteiger partial charge in [0.1, 0.15) is 23.9 Å². The van der Waals surface area contributed by atoms with Crippen LogP contribution in [0.2, 0.25) is 0 Å². The number of amides is 3. The van der Waals surface area contributed by atoms with Crippen LogP contribution in [0.15, 0.2) is 59.6 Å². The first-order valence-corrected chi connectivity index (χ1v) is 14.5. The van der Waals surface area contributed by atoms with E-state index in [1.54, 1.807) is 12.1 Å². The van der Waals surface area contributed by atoms with Crippen LogP contribution in [0.5, 0.6) is 5.75 Å². The van der Waals surface area contributed by atoms with Gasteiger partial charge in [-0.3, -0.25) is 19.4 Å². The van der Waals surface area contributed by atoms with Crippen molar-refractivity contribution in [2.24, 2.45) is 27.9 Å². The van der Waals surface area contributed by atoms with E-state index in [4.69, 9.17) is 22.9 Å². The van der Waals surface area contributed by atoms with Gasteiger partial charge in [0, 0.05) is 13.0 Å². The number of nitrogens with two attached hydrogens (primary N) is 4. The molecule has 44 heavy (non-hydrogen) atoms. The molecule has 0 spiro atoms. The van der Waals surface area contributed by atoms with Gasteiger partial charge >= 0.3 is 5.97 Å². The number of guanidine groups is 1. The zero-order chi connectivity index (χ0) is 32.5. The SMILES string of the molecule is NCCCCC(NC(=O)C(Cc1ccc(O)cc1)NC(=O)C(CCCN=C(N)N)NC(=O)C(N)Cc1ccccc1)C(=O)O. The molecule has 13 N–H and O–H groups in total. The number of carboxylic acid groups (broad SMARTS) is 1. The first kappa shape index (κ1) is 35.5. The van der Waals surface area contributed by atoms with E-state index < -0.39 is 47.9 Å². The summed E-state index contributed by atoms with van der Waals surface area (Å²) >= 11 is 0. The van der Waals surface area contributed by atoms with Crippen LogP contribution in [0.3, 0.4) is 0 Å². The molecule has 2 aromatic carbocycles. The predicted molar refractivity (Wildman–Crippen MR) is 166 cm³/mol. The van der Waals surface area contributed by atoms with Crippen molar-refractivity contribution in [3.8, 4) is 5.75 Å². The average Bonchev–Trinajstić information content (AvgIpc) is 2.99. The predicted octanol–water partition coefficient (Wildman–Crippen LogP) is -0.774. The maximum atomic E-state index is 13.6. The van der Waals surface area contributed by atoms with E-state index in [1.807, 2.05) is 30.3 Å². The molecule has 0 saturated carbocycles. The molecule has 0 saturated heterocycles. The van der Waals surface area contributed by atoms with Crippen LogP contribution in [0.25, 0.3) is 0 Å². The summed E-state index contributed by atoms with van der Waals surface area (Å²) in [5.74, 6) is -3.30. The smallest absolute Gasteiger partial charge is 0.326 e. The van der Waals surface area contributed by atoms with Gasteiger partial charge in [-0.1, -0.05) is 42.5 Å². The summed E-state index contributed by atoms with van der Waals surface area (Å²) in [7, 11) is 0. The van der Waals surface area contributed by atoms with Crippen molar-refractivity contribution < 1.29 is 29.4 Å². The lowest BCUT2D eigenvalue weighted by Crippen LogP contribution is -2.57. The highest BCUT2D eigenvalue weighted by Crippen LogP contribution is 2.13. The van der Waals surface area contributed by atoms with E-state index in [2.05, 4.69) is 20.9 Å². The van der Waals surface area contributed by atoms with Crippen molar-refractivity contribution in [2.45, 2.75) is 69.1 Å². The Morgan fingerprint density at radius 2 is 1.30 bits per heavy atom. The number of aliphatic imine (C=N–C) groups is 1. The number of phenolic OH excluding ortho intramolecular Hbond substituents is 1. The minimum absolute atomic E-state index is 0.0139. The number of nitrogens with one attached hydrogen (secondary N) is 3. The van der Waals surface area contributed by atoms with Crippen LogP contribution >= 0.6 is 0 Å². The van der Waals surface area contributed by atoms with Gasteiger partial charge in [0.25, 0.3) is 0 Å². The number of rotatable bonds is 19. The Hall–Kier alpha value is -4.69. The molecule has 14 nitrogen and oxygen atoms in total. The molecular formula is C30H44N8O6. The zero-order valence-electron chi connectivity index (χ0n) is 24.7. The number of nitrogens with zero attached hydrogens (tertiary/aromatic N) is 1. The van der Waals surface area contributed by atoms with E-state index in [1.165, 1.54) is 12.1 Å². The molecule has 14 heteroatoms. The highest BCUT2D eigenvalue weighted by atomic mass is 16.4. The number of benzene rings is 2. The standard InChI is InChI=1S/C30H44N8O6/c31-15-5-4-9-24(29(43)44)37-28(42)25(18-20-11-13-21(39)14-12-20)38-27(41)23(10-6-16-35-30(33)34)36-26(40)22(32)17-19-7-2-1-3-8-19/h1-3,7-8,11-14,22-25,39H,4-6,9-10,15-18,31-32H2,(H,36,40)(H,37,42)(H,38,41)(H,43,44)(H4,33,34,35). The first-order chi connectivity index (χ1) is 21.0. The Labute approximate surface area is 256 Å². The number of aromatic hydroxyl groups is 1. The molecule has 0 aliphatic carbocycles. The number of unbranched alkanes of at least 4 members (excludes halogenated alkanes) is 1. The summed E-state index contributed by atoms with van der Waals surface area (Å²) in [6.45, 7) is 0.573. The maximum Gasteiger partial charge on any atom is 0.326 e.